The zero-order chi connectivity index (χ0) is 13.1. The van der Waals surface area contributed by atoms with E-state index in [1.54, 1.807) is 14.2 Å². The largest absolute Gasteiger partial charge is 0.496 e. The number of methoxy groups -OCH3 is 2. The van der Waals surface area contributed by atoms with Crippen LogP contribution in [-0.4, -0.2) is 28.0 Å². The van der Waals surface area contributed by atoms with Crippen molar-refractivity contribution >= 4 is 5.69 Å². The summed E-state index contributed by atoms with van der Waals surface area (Å²) in [6.45, 7) is 7.14. The molecule has 0 saturated heterocycles. The molecule has 0 aliphatic carbocycles. The van der Waals surface area contributed by atoms with Gasteiger partial charge in [-0.1, -0.05) is 20.8 Å². The molecule has 0 radical (unpaired) electrons. The van der Waals surface area contributed by atoms with E-state index in [9.17, 15) is 0 Å². The molecule has 0 N–H and O–H groups in total. The van der Waals surface area contributed by atoms with Gasteiger partial charge in [-0.3, -0.25) is 0 Å². The van der Waals surface area contributed by atoms with Crippen molar-refractivity contribution in [1.29, 1.82) is 0 Å². The molecule has 0 amide bonds. The van der Waals surface area contributed by atoms with Crippen LogP contribution in [0.3, 0.4) is 0 Å². The first-order valence-corrected chi connectivity index (χ1v) is 5.78. The minimum atomic E-state index is 0.0647. The van der Waals surface area contributed by atoms with Crippen LogP contribution in [-0.2, 0) is 10.2 Å². The summed E-state index contributed by atoms with van der Waals surface area (Å²) in [5.74, 6) is 0.937. The molecule has 0 aromatic heterocycles. The first-order valence-electron chi connectivity index (χ1n) is 5.78. The monoisotopic (exact) mass is 237 g/mol. The van der Waals surface area contributed by atoms with Gasteiger partial charge >= 0.3 is 0 Å². The SMILES string of the molecule is COCN(C)c1ccc(OC)c(C(C)(C)C)c1. The highest BCUT2D eigenvalue weighted by Crippen LogP contribution is 2.34. The van der Waals surface area contributed by atoms with E-state index in [1.807, 2.05) is 19.2 Å². The van der Waals surface area contributed by atoms with Gasteiger partial charge < -0.3 is 14.4 Å². The maximum absolute atomic E-state index is 5.42. The van der Waals surface area contributed by atoms with Crippen LogP contribution in [0.4, 0.5) is 5.69 Å². The summed E-state index contributed by atoms with van der Waals surface area (Å²) >= 11 is 0. The molecule has 0 spiro atoms. The maximum Gasteiger partial charge on any atom is 0.122 e. The highest BCUT2D eigenvalue weighted by Gasteiger charge is 2.19. The summed E-state index contributed by atoms with van der Waals surface area (Å²) in [4.78, 5) is 2.06. The van der Waals surface area contributed by atoms with E-state index in [4.69, 9.17) is 9.47 Å². The molecule has 0 saturated carbocycles. The molecule has 1 aromatic carbocycles. The zero-order valence-corrected chi connectivity index (χ0v) is 11.7. The molecule has 0 fully saturated rings. The van der Waals surface area contributed by atoms with Gasteiger partial charge in [-0.2, -0.15) is 0 Å². The van der Waals surface area contributed by atoms with Crippen molar-refractivity contribution in [3.8, 4) is 5.75 Å². The fraction of sp³-hybridized carbons (Fsp3) is 0.571. The van der Waals surface area contributed by atoms with Crippen LogP contribution in [0.1, 0.15) is 26.3 Å². The topological polar surface area (TPSA) is 21.7 Å². The molecule has 3 nitrogen and oxygen atoms in total. The second-order valence-electron chi connectivity index (χ2n) is 5.25. The van der Waals surface area contributed by atoms with Gasteiger partial charge in [0.2, 0.25) is 0 Å². The smallest absolute Gasteiger partial charge is 0.122 e. The molecule has 17 heavy (non-hydrogen) atoms. The van der Waals surface area contributed by atoms with E-state index >= 15 is 0 Å². The van der Waals surface area contributed by atoms with E-state index < -0.39 is 0 Å². The van der Waals surface area contributed by atoms with Crippen LogP contribution in [0.15, 0.2) is 18.2 Å². The van der Waals surface area contributed by atoms with Crippen LogP contribution in [0.5, 0.6) is 5.75 Å². The van der Waals surface area contributed by atoms with Crippen molar-refractivity contribution < 1.29 is 9.47 Å². The van der Waals surface area contributed by atoms with Gasteiger partial charge in [-0.25, -0.2) is 0 Å². The zero-order valence-electron chi connectivity index (χ0n) is 11.7. The van der Waals surface area contributed by atoms with Gasteiger partial charge in [0.25, 0.3) is 0 Å². The number of ether oxygens (including phenoxy) is 2. The van der Waals surface area contributed by atoms with Crippen molar-refractivity contribution in [1.82, 2.24) is 0 Å². The van der Waals surface area contributed by atoms with Gasteiger partial charge in [0.05, 0.1) is 7.11 Å². The maximum atomic E-state index is 5.42. The molecule has 0 bridgehead atoms. The Labute approximate surface area is 104 Å². The highest BCUT2D eigenvalue weighted by atomic mass is 16.5. The van der Waals surface area contributed by atoms with Gasteiger partial charge in [-0.05, 0) is 23.6 Å². The molecular weight excluding hydrogens is 214 g/mol. The number of hydrogen-bond donors (Lipinski definition) is 0. The van der Waals surface area contributed by atoms with Crippen molar-refractivity contribution in [2.75, 3.05) is 32.9 Å². The Bertz CT molecular complexity index is 369. The predicted octanol–water partition coefficient (Wildman–Crippen LogP) is 3.03. The number of benzene rings is 1. The number of rotatable bonds is 4. The summed E-state index contributed by atoms with van der Waals surface area (Å²) in [6, 6.07) is 6.23. The summed E-state index contributed by atoms with van der Waals surface area (Å²) in [5, 5.41) is 0. The van der Waals surface area contributed by atoms with E-state index in [2.05, 4.69) is 31.7 Å². The number of anilines is 1. The fourth-order valence-corrected chi connectivity index (χ4v) is 1.79. The third-order valence-electron chi connectivity index (χ3n) is 2.75. The van der Waals surface area contributed by atoms with Gasteiger partial charge in [0, 0.05) is 25.4 Å². The molecule has 3 heteroatoms. The lowest BCUT2D eigenvalue weighted by Gasteiger charge is -2.25. The second kappa shape index (κ2) is 5.41. The van der Waals surface area contributed by atoms with Gasteiger partial charge in [0.15, 0.2) is 0 Å². The lowest BCUT2D eigenvalue weighted by atomic mass is 9.86. The minimum Gasteiger partial charge on any atom is -0.496 e. The van der Waals surface area contributed by atoms with Crippen LogP contribution in [0.25, 0.3) is 0 Å². The molecule has 0 heterocycles. The lowest BCUT2D eigenvalue weighted by molar-refractivity contribution is 0.202. The lowest BCUT2D eigenvalue weighted by Crippen LogP contribution is -2.21. The Kier molecular flexibility index (Phi) is 4.40. The van der Waals surface area contributed by atoms with Crippen molar-refractivity contribution in [2.24, 2.45) is 0 Å². The van der Waals surface area contributed by atoms with Crippen LogP contribution in [0, 0.1) is 0 Å². The number of nitrogens with zero attached hydrogens (tertiary/aromatic N) is 1. The first-order chi connectivity index (χ1) is 7.90. The van der Waals surface area contributed by atoms with Crippen LogP contribution >= 0.6 is 0 Å². The summed E-state index contributed by atoms with van der Waals surface area (Å²) in [7, 11) is 5.42. The summed E-state index contributed by atoms with van der Waals surface area (Å²) in [6.07, 6.45) is 0. The molecule has 0 unspecified atom stereocenters. The Morgan fingerprint density at radius 1 is 1.18 bits per heavy atom. The molecule has 1 aromatic rings. The molecular formula is C14H23NO2. The Morgan fingerprint density at radius 2 is 1.82 bits per heavy atom. The highest BCUT2D eigenvalue weighted by molar-refractivity contribution is 5.54. The molecule has 1 rings (SSSR count). The average Bonchev–Trinajstić information content (AvgIpc) is 2.27. The van der Waals surface area contributed by atoms with E-state index in [1.165, 1.54) is 5.56 Å². The Balaban J connectivity index is 3.13. The predicted molar refractivity (Wildman–Crippen MR) is 72.0 cm³/mol. The number of hydrogen-bond acceptors (Lipinski definition) is 3. The van der Waals surface area contributed by atoms with E-state index in [-0.39, 0.29) is 5.41 Å². The molecule has 0 aliphatic rings. The molecule has 0 aliphatic heterocycles. The fourth-order valence-electron chi connectivity index (χ4n) is 1.79. The summed E-state index contributed by atoms with van der Waals surface area (Å²) < 4.78 is 10.6. The van der Waals surface area contributed by atoms with Crippen molar-refractivity contribution in [3.05, 3.63) is 23.8 Å². The first kappa shape index (κ1) is 13.8. The van der Waals surface area contributed by atoms with Crippen molar-refractivity contribution in [2.45, 2.75) is 26.2 Å². The Morgan fingerprint density at radius 3 is 2.29 bits per heavy atom. The second-order valence-corrected chi connectivity index (χ2v) is 5.25. The van der Waals surface area contributed by atoms with Crippen LogP contribution < -0.4 is 9.64 Å². The van der Waals surface area contributed by atoms with E-state index in [0.717, 1.165) is 11.4 Å². The van der Waals surface area contributed by atoms with Gasteiger partial charge in [-0.15, -0.1) is 0 Å². The average molecular weight is 237 g/mol. The normalized spacial score (nSPS) is 11.4. The minimum absolute atomic E-state index is 0.0647. The molecule has 0 atom stereocenters. The summed E-state index contributed by atoms with van der Waals surface area (Å²) in [5.41, 5.74) is 2.41. The standard InChI is InChI=1S/C14H23NO2/c1-14(2,3)12-9-11(15(4)10-16-5)7-8-13(12)17-6/h7-9H,10H2,1-6H3. The quantitative estimate of drug-likeness (QED) is 0.751. The van der Waals surface area contributed by atoms with Crippen molar-refractivity contribution in [3.63, 3.8) is 0 Å². The molecule has 96 valence electrons. The third-order valence-corrected chi connectivity index (χ3v) is 2.75. The Hall–Kier alpha value is -1.22. The van der Waals surface area contributed by atoms with Gasteiger partial charge in [0.1, 0.15) is 12.5 Å². The third kappa shape index (κ3) is 3.37. The van der Waals surface area contributed by atoms with Crippen LogP contribution in [0.2, 0.25) is 0 Å². The van der Waals surface area contributed by atoms with E-state index in [0.29, 0.717) is 6.73 Å².